The van der Waals surface area contributed by atoms with E-state index in [0.29, 0.717) is 0 Å². The Morgan fingerprint density at radius 3 is 2.89 bits per heavy atom. The highest BCUT2D eigenvalue weighted by atomic mass is 16.4. The number of carboxylic acid groups (broad SMARTS) is 1. The molecule has 1 unspecified atom stereocenters. The Balaban J connectivity index is 2.42. The molecule has 2 rings (SSSR count). The second kappa shape index (κ2) is 5.14. The quantitative estimate of drug-likeness (QED) is 0.865. The van der Waals surface area contributed by atoms with Gasteiger partial charge in [0, 0.05) is 23.8 Å². The fraction of sp³-hybridized carbons (Fsp3) is 0.286. The summed E-state index contributed by atoms with van der Waals surface area (Å²) in [5.74, 6) is -0.886. The topological polar surface area (TPSA) is 76.2 Å². The fourth-order valence-electron chi connectivity index (χ4n) is 2.08. The van der Waals surface area contributed by atoms with E-state index in [0.717, 1.165) is 22.8 Å². The molecule has 4 nitrogen and oxygen atoms in total. The number of aromatic nitrogens is 1. The van der Waals surface area contributed by atoms with Crippen molar-refractivity contribution in [2.45, 2.75) is 25.8 Å². The Hall–Kier alpha value is -1.94. The summed E-state index contributed by atoms with van der Waals surface area (Å²) < 4.78 is 0. The summed E-state index contributed by atoms with van der Waals surface area (Å²) in [7, 11) is 0. The molecule has 1 aromatic heterocycles. The minimum Gasteiger partial charge on any atom is -0.481 e. The van der Waals surface area contributed by atoms with Gasteiger partial charge in [0.05, 0.1) is 6.42 Å². The van der Waals surface area contributed by atoms with Crippen LogP contribution in [0.4, 0.5) is 0 Å². The van der Waals surface area contributed by atoms with E-state index in [4.69, 9.17) is 10.8 Å². The lowest BCUT2D eigenvalue weighted by Gasteiger charge is -2.11. The van der Waals surface area contributed by atoms with Crippen molar-refractivity contribution in [3.63, 3.8) is 0 Å². The van der Waals surface area contributed by atoms with Gasteiger partial charge in [-0.25, -0.2) is 0 Å². The maximum atomic E-state index is 10.7. The van der Waals surface area contributed by atoms with Gasteiger partial charge in [-0.3, -0.25) is 9.78 Å². The summed E-state index contributed by atoms with van der Waals surface area (Å²) in [6.45, 7) is 2.08. The van der Waals surface area contributed by atoms with Crippen molar-refractivity contribution in [1.82, 2.24) is 4.98 Å². The lowest BCUT2D eigenvalue weighted by Crippen LogP contribution is -2.14. The maximum absolute atomic E-state index is 10.7. The third kappa shape index (κ3) is 2.49. The zero-order valence-corrected chi connectivity index (χ0v) is 10.3. The average Bonchev–Trinajstić information content (AvgIpc) is 2.36. The molecule has 1 heterocycles. The van der Waals surface area contributed by atoms with Crippen molar-refractivity contribution < 1.29 is 9.90 Å². The van der Waals surface area contributed by atoms with Crippen LogP contribution >= 0.6 is 0 Å². The van der Waals surface area contributed by atoms with Crippen LogP contribution in [0.25, 0.3) is 10.8 Å². The molecule has 0 bridgehead atoms. The predicted octanol–water partition coefficient (Wildman–Crippen LogP) is 2.27. The Morgan fingerprint density at radius 1 is 1.44 bits per heavy atom. The molecule has 0 fully saturated rings. The summed E-state index contributed by atoms with van der Waals surface area (Å²) in [5.41, 5.74) is 7.88. The van der Waals surface area contributed by atoms with Gasteiger partial charge in [-0.2, -0.15) is 0 Å². The van der Waals surface area contributed by atoms with Crippen molar-refractivity contribution in [2.75, 3.05) is 0 Å². The lowest BCUT2D eigenvalue weighted by atomic mass is 9.99. The van der Waals surface area contributed by atoms with E-state index in [1.54, 1.807) is 6.20 Å². The third-order valence-corrected chi connectivity index (χ3v) is 3.07. The molecule has 4 heteroatoms. The summed E-state index contributed by atoms with van der Waals surface area (Å²) in [5, 5.41) is 10.9. The van der Waals surface area contributed by atoms with Gasteiger partial charge in [0.25, 0.3) is 0 Å². The van der Waals surface area contributed by atoms with Gasteiger partial charge in [0.2, 0.25) is 0 Å². The number of aryl methyl sites for hydroxylation is 1. The molecular weight excluding hydrogens is 228 g/mol. The molecule has 1 aromatic carbocycles. The molecule has 1 atom stereocenters. The average molecular weight is 244 g/mol. The summed E-state index contributed by atoms with van der Waals surface area (Å²) in [4.78, 5) is 14.8. The number of nitrogens with two attached hydrogens (primary N) is 1. The van der Waals surface area contributed by atoms with Crippen LogP contribution in [0.2, 0.25) is 0 Å². The first kappa shape index (κ1) is 12.5. The number of benzene rings is 1. The summed E-state index contributed by atoms with van der Waals surface area (Å²) in [6.07, 6.45) is 4.50. The maximum Gasteiger partial charge on any atom is 0.305 e. The van der Waals surface area contributed by atoms with E-state index in [1.807, 2.05) is 24.4 Å². The van der Waals surface area contributed by atoms with Gasteiger partial charge >= 0.3 is 5.97 Å². The molecule has 0 radical (unpaired) electrons. The number of hydrogen-bond donors (Lipinski definition) is 2. The second-order valence-corrected chi connectivity index (χ2v) is 4.34. The van der Waals surface area contributed by atoms with Crippen LogP contribution in [0.1, 0.15) is 30.5 Å². The van der Waals surface area contributed by atoms with E-state index in [1.165, 1.54) is 5.56 Å². The number of hydrogen-bond acceptors (Lipinski definition) is 3. The van der Waals surface area contributed by atoms with Gasteiger partial charge in [-0.05, 0) is 29.0 Å². The molecule has 18 heavy (non-hydrogen) atoms. The number of fused-ring (bicyclic) bond motifs is 1. The van der Waals surface area contributed by atoms with Crippen molar-refractivity contribution in [3.8, 4) is 0 Å². The summed E-state index contributed by atoms with van der Waals surface area (Å²) >= 11 is 0. The molecule has 94 valence electrons. The van der Waals surface area contributed by atoms with Crippen LogP contribution in [-0.2, 0) is 11.2 Å². The highest BCUT2D eigenvalue weighted by Gasteiger charge is 2.11. The van der Waals surface area contributed by atoms with Gasteiger partial charge in [-0.1, -0.05) is 19.1 Å². The molecule has 0 saturated carbocycles. The van der Waals surface area contributed by atoms with Crippen LogP contribution < -0.4 is 5.73 Å². The monoisotopic (exact) mass is 244 g/mol. The van der Waals surface area contributed by atoms with E-state index < -0.39 is 12.0 Å². The highest BCUT2D eigenvalue weighted by molar-refractivity contribution is 5.85. The highest BCUT2D eigenvalue weighted by Crippen LogP contribution is 2.23. The molecule has 0 saturated heterocycles. The molecule has 0 amide bonds. The largest absolute Gasteiger partial charge is 0.481 e. The third-order valence-electron chi connectivity index (χ3n) is 3.07. The van der Waals surface area contributed by atoms with Crippen LogP contribution in [0.3, 0.4) is 0 Å². The van der Waals surface area contributed by atoms with Gasteiger partial charge in [0.1, 0.15) is 0 Å². The van der Waals surface area contributed by atoms with Gasteiger partial charge in [0.15, 0.2) is 0 Å². The van der Waals surface area contributed by atoms with Crippen molar-refractivity contribution in [1.29, 1.82) is 0 Å². The Kier molecular flexibility index (Phi) is 3.58. The van der Waals surface area contributed by atoms with Crippen molar-refractivity contribution in [3.05, 3.63) is 41.7 Å². The number of nitrogens with zero attached hydrogens (tertiary/aromatic N) is 1. The van der Waals surface area contributed by atoms with Gasteiger partial charge < -0.3 is 10.8 Å². The van der Waals surface area contributed by atoms with E-state index in [9.17, 15) is 4.79 Å². The second-order valence-electron chi connectivity index (χ2n) is 4.34. The normalized spacial score (nSPS) is 12.6. The van der Waals surface area contributed by atoms with E-state index in [2.05, 4.69) is 11.9 Å². The Labute approximate surface area is 105 Å². The minimum atomic E-state index is -0.886. The molecule has 3 N–H and O–H groups in total. The zero-order chi connectivity index (χ0) is 13.1. The number of carbonyl (C=O) groups is 1. The van der Waals surface area contributed by atoms with Crippen LogP contribution in [0.5, 0.6) is 0 Å². The van der Waals surface area contributed by atoms with Crippen molar-refractivity contribution in [2.24, 2.45) is 5.73 Å². The molecule has 0 aliphatic rings. The van der Waals surface area contributed by atoms with E-state index >= 15 is 0 Å². The number of carboxylic acids is 1. The molecule has 0 aliphatic heterocycles. The smallest absolute Gasteiger partial charge is 0.305 e. The standard InChI is InChI=1S/C14H16N2O2/c1-2-9-7-16-8-11-5-10(3-4-12(9)11)13(15)6-14(17)18/h3-5,7-8,13H,2,6,15H2,1H3,(H,17,18). The van der Waals surface area contributed by atoms with Crippen molar-refractivity contribution >= 4 is 16.7 Å². The van der Waals surface area contributed by atoms with E-state index in [-0.39, 0.29) is 6.42 Å². The number of aliphatic carboxylic acids is 1. The molecule has 0 spiro atoms. The Bertz CT molecular complexity index is 581. The first-order valence-corrected chi connectivity index (χ1v) is 5.95. The molecular formula is C14H16N2O2. The van der Waals surface area contributed by atoms with Crippen LogP contribution in [0.15, 0.2) is 30.6 Å². The molecule has 2 aromatic rings. The minimum absolute atomic E-state index is 0.0631. The SMILES string of the molecule is CCc1cncc2cc(C(N)CC(=O)O)ccc12. The Morgan fingerprint density at radius 2 is 2.22 bits per heavy atom. The lowest BCUT2D eigenvalue weighted by molar-refractivity contribution is -0.137. The van der Waals surface area contributed by atoms with Gasteiger partial charge in [-0.15, -0.1) is 0 Å². The first-order chi connectivity index (χ1) is 8.61. The van der Waals surface area contributed by atoms with Crippen LogP contribution in [0, 0.1) is 0 Å². The summed E-state index contributed by atoms with van der Waals surface area (Å²) in [6, 6.07) is 5.34. The number of rotatable bonds is 4. The molecule has 0 aliphatic carbocycles. The first-order valence-electron chi connectivity index (χ1n) is 5.95. The number of pyridine rings is 1. The zero-order valence-electron chi connectivity index (χ0n) is 10.3. The fourth-order valence-corrected chi connectivity index (χ4v) is 2.08. The van der Waals surface area contributed by atoms with Crippen LogP contribution in [-0.4, -0.2) is 16.1 Å². The predicted molar refractivity (Wildman–Crippen MR) is 70.3 cm³/mol.